The van der Waals surface area contributed by atoms with E-state index in [1.807, 2.05) is 38.5 Å². The number of morpholine rings is 1. The summed E-state index contributed by atoms with van der Waals surface area (Å²) in [6.07, 6.45) is 1.81. The molecule has 0 amide bonds. The third-order valence-electron chi connectivity index (χ3n) is 4.25. The van der Waals surface area contributed by atoms with E-state index < -0.39 is 0 Å². The van der Waals surface area contributed by atoms with Crippen LogP contribution in [0, 0.1) is 12.7 Å². The fraction of sp³-hybridized carbons (Fsp3) is 0.316. The van der Waals surface area contributed by atoms with Crippen molar-refractivity contribution in [2.45, 2.75) is 6.92 Å². The molecular weight excluding hydrogens is 341 g/mol. The van der Waals surface area contributed by atoms with E-state index in [2.05, 4.69) is 9.89 Å². The maximum absolute atomic E-state index is 14.0. The van der Waals surface area contributed by atoms with Gasteiger partial charge in [-0.05, 0) is 36.8 Å². The normalized spacial score (nSPS) is 15.0. The number of hydrogen-bond acceptors (Lipinski definition) is 3. The highest BCUT2D eigenvalue weighted by Crippen LogP contribution is 2.36. The van der Waals surface area contributed by atoms with Crippen molar-refractivity contribution in [2.24, 2.45) is 4.99 Å². The Kier molecular flexibility index (Phi) is 5.56. The molecule has 2 aromatic carbocycles. The van der Waals surface area contributed by atoms with Gasteiger partial charge in [0.05, 0.1) is 35.9 Å². The fourth-order valence-corrected chi connectivity index (χ4v) is 3.01. The molecule has 0 aromatic heterocycles. The molecule has 0 aliphatic carbocycles. The molecule has 25 heavy (non-hydrogen) atoms. The molecule has 0 radical (unpaired) electrons. The summed E-state index contributed by atoms with van der Waals surface area (Å²) < 4.78 is 19.4. The highest BCUT2D eigenvalue weighted by Gasteiger charge is 2.14. The number of aryl methyl sites for hydroxylation is 1. The van der Waals surface area contributed by atoms with Crippen LogP contribution >= 0.6 is 11.6 Å². The number of benzene rings is 2. The van der Waals surface area contributed by atoms with Gasteiger partial charge in [0.15, 0.2) is 0 Å². The lowest BCUT2D eigenvalue weighted by molar-refractivity contribution is 0.0701. The number of nitrogens with zero attached hydrogens (tertiary/aromatic N) is 3. The van der Waals surface area contributed by atoms with E-state index in [4.69, 9.17) is 16.3 Å². The summed E-state index contributed by atoms with van der Waals surface area (Å²) in [4.78, 5) is 8.41. The summed E-state index contributed by atoms with van der Waals surface area (Å²) in [7, 11) is 1.83. The molecule has 1 saturated heterocycles. The van der Waals surface area contributed by atoms with Crippen LogP contribution in [0.5, 0.6) is 0 Å². The Balaban J connectivity index is 1.84. The lowest BCUT2D eigenvalue weighted by atomic mass is 10.1. The molecule has 1 heterocycles. The van der Waals surface area contributed by atoms with Crippen molar-refractivity contribution in [3.05, 3.63) is 52.8 Å². The third kappa shape index (κ3) is 4.11. The van der Waals surface area contributed by atoms with Crippen molar-refractivity contribution in [3.8, 4) is 0 Å². The van der Waals surface area contributed by atoms with E-state index in [9.17, 15) is 4.39 Å². The van der Waals surface area contributed by atoms with E-state index >= 15 is 0 Å². The first-order chi connectivity index (χ1) is 12.1. The number of rotatable bonds is 4. The lowest BCUT2D eigenvalue weighted by Crippen LogP contribution is -2.34. The summed E-state index contributed by atoms with van der Waals surface area (Å²) in [6.45, 7) is 5.05. The quantitative estimate of drug-likeness (QED) is 0.591. The predicted octanol–water partition coefficient (Wildman–Crippen LogP) is 4.55. The third-order valence-corrected chi connectivity index (χ3v) is 4.55. The minimum absolute atomic E-state index is 0.269. The summed E-state index contributed by atoms with van der Waals surface area (Å²) in [5.74, 6) is -0.269. The van der Waals surface area contributed by atoms with Crippen molar-refractivity contribution in [1.82, 2.24) is 4.90 Å². The molecule has 0 atom stereocenters. The van der Waals surface area contributed by atoms with Gasteiger partial charge in [-0.15, -0.1) is 0 Å². The first-order valence-electron chi connectivity index (χ1n) is 8.20. The summed E-state index contributed by atoms with van der Waals surface area (Å²) >= 11 is 6.41. The Morgan fingerprint density at radius 3 is 2.64 bits per heavy atom. The van der Waals surface area contributed by atoms with E-state index in [1.54, 1.807) is 17.0 Å². The van der Waals surface area contributed by atoms with Gasteiger partial charge in [0.25, 0.3) is 0 Å². The molecule has 1 fully saturated rings. The van der Waals surface area contributed by atoms with Gasteiger partial charge in [-0.3, -0.25) is 0 Å². The standard InChI is InChI=1S/C19H21ClFN3O/c1-14-11-17(22-13-24-7-9-25-10-8-24)15(20)12-19(14)23(2)18-6-4-3-5-16(18)21/h3-6,11-13H,7-10H2,1-2H3. The molecule has 4 nitrogen and oxygen atoms in total. The van der Waals surface area contributed by atoms with Gasteiger partial charge in [-0.1, -0.05) is 23.7 Å². The van der Waals surface area contributed by atoms with Crippen LogP contribution in [0.2, 0.25) is 5.02 Å². The van der Waals surface area contributed by atoms with Crippen molar-refractivity contribution in [1.29, 1.82) is 0 Å². The van der Waals surface area contributed by atoms with Crippen LogP contribution in [0.4, 0.5) is 21.5 Å². The van der Waals surface area contributed by atoms with E-state index in [0.717, 1.165) is 24.3 Å². The highest BCUT2D eigenvalue weighted by molar-refractivity contribution is 6.33. The molecule has 0 spiro atoms. The Hall–Kier alpha value is -2.11. The van der Waals surface area contributed by atoms with Crippen molar-refractivity contribution in [2.75, 3.05) is 38.3 Å². The molecule has 6 heteroatoms. The number of anilines is 2. The summed E-state index contributed by atoms with van der Waals surface area (Å²) in [5.41, 5.74) is 3.03. The van der Waals surface area contributed by atoms with E-state index in [-0.39, 0.29) is 5.82 Å². The van der Waals surface area contributed by atoms with Gasteiger partial charge >= 0.3 is 0 Å². The molecule has 1 aliphatic rings. The van der Waals surface area contributed by atoms with Gasteiger partial charge < -0.3 is 14.5 Å². The van der Waals surface area contributed by atoms with Gasteiger partial charge in [0.1, 0.15) is 5.82 Å². The minimum atomic E-state index is -0.269. The van der Waals surface area contributed by atoms with Crippen LogP contribution < -0.4 is 4.90 Å². The number of aliphatic imine (C=N–C) groups is 1. The smallest absolute Gasteiger partial charge is 0.146 e. The van der Waals surface area contributed by atoms with Gasteiger partial charge in [0, 0.05) is 25.8 Å². The van der Waals surface area contributed by atoms with E-state index in [0.29, 0.717) is 29.6 Å². The second-order valence-electron chi connectivity index (χ2n) is 5.99. The molecule has 0 bridgehead atoms. The van der Waals surface area contributed by atoms with Crippen molar-refractivity contribution < 1.29 is 9.13 Å². The Labute approximate surface area is 152 Å². The maximum Gasteiger partial charge on any atom is 0.146 e. The van der Waals surface area contributed by atoms with Crippen LogP contribution in [0.15, 0.2) is 41.4 Å². The van der Waals surface area contributed by atoms with Crippen LogP contribution in [0.1, 0.15) is 5.56 Å². The zero-order chi connectivity index (χ0) is 17.8. The van der Waals surface area contributed by atoms with E-state index in [1.165, 1.54) is 6.07 Å². The average molecular weight is 362 g/mol. The molecule has 132 valence electrons. The van der Waals surface area contributed by atoms with Crippen LogP contribution in [-0.4, -0.2) is 44.6 Å². The molecule has 0 N–H and O–H groups in total. The molecule has 0 saturated carbocycles. The SMILES string of the molecule is Cc1cc(N=CN2CCOCC2)c(Cl)cc1N(C)c1ccccc1F. The van der Waals surface area contributed by atoms with Crippen molar-refractivity contribution in [3.63, 3.8) is 0 Å². The predicted molar refractivity (Wildman–Crippen MR) is 101 cm³/mol. The number of halogens is 2. The van der Waals surface area contributed by atoms with Gasteiger partial charge in [-0.25, -0.2) is 9.38 Å². The monoisotopic (exact) mass is 361 g/mol. The Bertz CT molecular complexity index is 775. The zero-order valence-electron chi connectivity index (χ0n) is 14.4. The first kappa shape index (κ1) is 17.7. The topological polar surface area (TPSA) is 28.1 Å². The number of para-hydroxylation sites is 1. The number of ether oxygens (including phenoxy) is 1. The fourth-order valence-electron chi connectivity index (χ4n) is 2.81. The maximum atomic E-state index is 14.0. The second kappa shape index (κ2) is 7.85. The summed E-state index contributed by atoms with van der Waals surface area (Å²) in [6, 6.07) is 10.4. The molecule has 3 rings (SSSR count). The van der Waals surface area contributed by atoms with Gasteiger partial charge in [0.2, 0.25) is 0 Å². The summed E-state index contributed by atoms with van der Waals surface area (Å²) in [5, 5.41) is 0.535. The Morgan fingerprint density at radius 2 is 1.92 bits per heavy atom. The second-order valence-corrected chi connectivity index (χ2v) is 6.40. The van der Waals surface area contributed by atoms with Crippen LogP contribution in [-0.2, 0) is 4.74 Å². The molecule has 2 aromatic rings. The molecule has 0 unspecified atom stereocenters. The average Bonchev–Trinajstić information content (AvgIpc) is 2.63. The number of hydrogen-bond donors (Lipinski definition) is 0. The molecule has 1 aliphatic heterocycles. The molecular formula is C19H21ClFN3O. The van der Waals surface area contributed by atoms with Crippen LogP contribution in [0.3, 0.4) is 0 Å². The van der Waals surface area contributed by atoms with Crippen LogP contribution in [0.25, 0.3) is 0 Å². The highest BCUT2D eigenvalue weighted by atomic mass is 35.5. The van der Waals surface area contributed by atoms with Crippen molar-refractivity contribution >= 4 is 35.0 Å². The lowest BCUT2D eigenvalue weighted by Gasteiger charge is -2.24. The minimum Gasteiger partial charge on any atom is -0.378 e. The largest absolute Gasteiger partial charge is 0.378 e. The zero-order valence-corrected chi connectivity index (χ0v) is 15.1. The Morgan fingerprint density at radius 1 is 1.20 bits per heavy atom. The first-order valence-corrected chi connectivity index (χ1v) is 8.58. The van der Waals surface area contributed by atoms with Gasteiger partial charge in [-0.2, -0.15) is 0 Å².